The Labute approximate surface area is 302 Å². The third-order valence-electron chi connectivity index (χ3n) is 10.2. The number of alkyl halides is 12. The molecule has 2 aliphatic heterocycles. The van der Waals surface area contributed by atoms with Gasteiger partial charge in [-0.25, -0.2) is 0 Å². The largest absolute Gasteiger partial charge is 0.417 e. The molecule has 54 heavy (non-hydrogen) atoms. The van der Waals surface area contributed by atoms with Crippen LogP contribution in [0.3, 0.4) is 0 Å². The standard InChI is InChI=1S/C38H34F12N4/c1-21-13-25(35(39,40)41)15-29(37(45,46)47)33(21)23-7-9-27(51-17-23)19-53-11-3-5-31(53)32-6-4-12-54(32)20-28-10-8-24(18-52-28)34-22(2)14-26(36(42,43)44)16-30(34)38(48,49)50/h7-10,13-18,31-32H,3-6,11-12,19-20H2,1-2H3. The molecule has 6 rings (SSSR count). The Bertz CT molecular complexity index is 1820. The Morgan fingerprint density at radius 3 is 1.20 bits per heavy atom. The summed E-state index contributed by atoms with van der Waals surface area (Å²) in [5, 5.41) is 0. The summed E-state index contributed by atoms with van der Waals surface area (Å²) in [6, 6.07) is 7.79. The molecule has 16 heteroatoms. The average molecular weight is 775 g/mol. The molecule has 2 unspecified atom stereocenters. The number of likely N-dealkylation sites (tertiary alicyclic amines) is 2. The van der Waals surface area contributed by atoms with Gasteiger partial charge in [0.25, 0.3) is 0 Å². The number of aryl methyl sites for hydroxylation is 2. The lowest BCUT2D eigenvalue weighted by atomic mass is 9.93. The van der Waals surface area contributed by atoms with Crippen LogP contribution in [-0.4, -0.2) is 44.9 Å². The number of hydrogen-bond donors (Lipinski definition) is 0. The van der Waals surface area contributed by atoms with Crippen LogP contribution in [0.15, 0.2) is 60.9 Å². The second-order valence-corrected chi connectivity index (χ2v) is 13.9. The maximum absolute atomic E-state index is 13.9. The van der Waals surface area contributed by atoms with Crippen molar-refractivity contribution in [3.05, 3.63) is 106 Å². The quantitative estimate of drug-likeness (QED) is 0.175. The van der Waals surface area contributed by atoms with Crippen molar-refractivity contribution < 1.29 is 52.7 Å². The fourth-order valence-electron chi connectivity index (χ4n) is 7.83. The van der Waals surface area contributed by atoms with E-state index in [0.29, 0.717) is 36.6 Å². The van der Waals surface area contributed by atoms with Gasteiger partial charge in [0, 0.05) is 48.7 Å². The normalized spacial score (nSPS) is 19.2. The second-order valence-electron chi connectivity index (χ2n) is 13.9. The number of rotatable bonds is 7. The van der Waals surface area contributed by atoms with E-state index in [4.69, 9.17) is 0 Å². The predicted molar refractivity (Wildman–Crippen MR) is 176 cm³/mol. The number of pyridine rings is 2. The van der Waals surface area contributed by atoms with E-state index in [0.717, 1.165) is 38.8 Å². The van der Waals surface area contributed by atoms with Crippen molar-refractivity contribution in [2.75, 3.05) is 13.1 Å². The fourth-order valence-corrected chi connectivity index (χ4v) is 7.83. The van der Waals surface area contributed by atoms with E-state index in [1.54, 1.807) is 12.1 Å². The Morgan fingerprint density at radius 2 is 0.907 bits per heavy atom. The van der Waals surface area contributed by atoms with E-state index >= 15 is 0 Å². The summed E-state index contributed by atoms with van der Waals surface area (Å²) in [5.74, 6) is 0. The fraction of sp³-hybridized carbons (Fsp3) is 0.421. The highest BCUT2D eigenvalue weighted by atomic mass is 19.4. The maximum atomic E-state index is 13.9. The van der Waals surface area contributed by atoms with Crippen molar-refractivity contribution in [2.24, 2.45) is 0 Å². The molecule has 290 valence electrons. The summed E-state index contributed by atoms with van der Waals surface area (Å²) in [6.45, 7) is 4.63. The van der Waals surface area contributed by atoms with Gasteiger partial charge in [-0.2, -0.15) is 52.7 Å². The molecular formula is C38H34F12N4. The van der Waals surface area contributed by atoms with Crippen molar-refractivity contribution in [3.8, 4) is 22.3 Å². The summed E-state index contributed by atoms with van der Waals surface area (Å²) in [6.07, 6.45) is -14.0. The van der Waals surface area contributed by atoms with Crippen LogP contribution in [0.2, 0.25) is 0 Å². The summed E-state index contributed by atoms with van der Waals surface area (Å²) < 4.78 is 163. The third kappa shape index (κ3) is 8.38. The minimum absolute atomic E-state index is 0.0406. The van der Waals surface area contributed by atoms with E-state index in [1.807, 2.05) is 0 Å². The van der Waals surface area contributed by atoms with Crippen molar-refractivity contribution in [3.63, 3.8) is 0 Å². The van der Waals surface area contributed by atoms with Crippen molar-refractivity contribution in [1.29, 1.82) is 0 Å². The number of aromatic nitrogens is 2. The summed E-state index contributed by atoms with van der Waals surface area (Å²) in [4.78, 5) is 13.3. The molecule has 0 aliphatic carbocycles. The minimum Gasteiger partial charge on any atom is -0.293 e. The van der Waals surface area contributed by atoms with Crippen molar-refractivity contribution >= 4 is 0 Å². The molecule has 2 aromatic heterocycles. The zero-order chi connectivity index (χ0) is 39.4. The first-order valence-electron chi connectivity index (χ1n) is 17.1. The first-order chi connectivity index (χ1) is 25.1. The molecule has 4 nitrogen and oxygen atoms in total. The average Bonchev–Trinajstić information content (AvgIpc) is 3.72. The highest BCUT2D eigenvalue weighted by Crippen LogP contribution is 2.44. The number of halogens is 12. The van der Waals surface area contributed by atoms with Gasteiger partial charge in [-0.15, -0.1) is 0 Å². The number of hydrogen-bond acceptors (Lipinski definition) is 4. The van der Waals surface area contributed by atoms with Crippen molar-refractivity contribution in [2.45, 2.75) is 89.4 Å². The molecule has 2 aliphatic rings. The van der Waals surface area contributed by atoms with Gasteiger partial charge < -0.3 is 0 Å². The van der Waals surface area contributed by atoms with Crippen LogP contribution in [0.25, 0.3) is 22.3 Å². The molecular weight excluding hydrogens is 740 g/mol. The van der Waals surface area contributed by atoms with Gasteiger partial charge >= 0.3 is 24.7 Å². The Hall–Kier alpha value is -4.18. The molecule has 0 N–H and O–H groups in total. The smallest absolute Gasteiger partial charge is 0.293 e. The zero-order valence-electron chi connectivity index (χ0n) is 28.9. The Morgan fingerprint density at radius 1 is 0.537 bits per heavy atom. The molecule has 0 amide bonds. The summed E-state index contributed by atoms with van der Waals surface area (Å²) in [7, 11) is 0. The monoisotopic (exact) mass is 774 g/mol. The van der Waals surface area contributed by atoms with Crippen LogP contribution in [0, 0.1) is 13.8 Å². The molecule has 0 saturated carbocycles. The van der Waals surface area contributed by atoms with E-state index in [-0.39, 0.29) is 57.6 Å². The lowest BCUT2D eigenvalue weighted by Crippen LogP contribution is -2.45. The van der Waals surface area contributed by atoms with E-state index in [9.17, 15) is 52.7 Å². The zero-order valence-corrected chi connectivity index (χ0v) is 28.9. The van der Waals surface area contributed by atoms with Gasteiger partial charge in [0.15, 0.2) is 0 Å². The first kappa shape index (κ1) is 39.5. The highest BCUT2D eigenvalue weighted by Gasteiger charge is 2.42. The van der Waals surface area contributed by atoms with Crippen LogP contribution >= 0.6 is 0 Å². The topological polar surface area (TPSA) is 32.3 Å². The predicted octanol–water partition coefficient (Wildman–Crippen LogP) is 11.1. The Kier molecular flexibility index (Phi) is 10.6. The number of nitrogens with zero attached hydrogens (tertiary/aromatic N) is 4. The lowest BCUT2D eigenvalue weighted by molar-refractivity contribution is -0.144. The molecule has 2 atom stereocenters. The van der Waals surface area contributed by atoms with Crippen LogP contribution in [0.4, 0.5) is 52.7 Å². The SMILES string of the molecule is Cc1cc(C(F)(F)F)cc(C(F)(F)F)c1-c1ccc(CN2CCCC2C2CCCN2Cc2ccc(-c3c(C)cc(C(F)(F)F)cc3C(F)(F)F)cn2)nc1. The highest BCUT2D eigenvalue weighted by molar-refractivity contribution is 5.73. The first-order valence-corrected chi connectivity index (χ1v) is 17.1. The molecule has 2 saturated heterocycles. The van der Waals surface area contributed by atoms with Gasteiger partial charge in [-0.3, -0.25) is 19.8 Å². The second kappa shape index (κ2) is 14.5. The number of benzene rings is 2. The van der Waals surface area contributed by atoms with Gasteiger partial charge in [0.05, 0.1) is 33.6 Å². The third-order valence-corrected chi connectivity index (χ3v) is 10.2. The van der Waals surface area contributed by atoms with E-state index < -0.39 is 47.0 Å². The molecule has 0 bridgehead atoms. The molecule has 2 fully saturated rings. The molecule has 2 aromatic carbocycles. The maximum Gasteiger partial charge on any atom is 0.417 e. The van der Waals surface area contributed by atoms with Gasteiger partial charge in [-0.1, -0.05) is 12.1 Å². The molecule has 4 heterocycles. The summed E-state index contributed by atoms with van der Waals surface area (Å²) in [5.41, 5.74) is -5.44. The van der Waals surface area contributed by atoms with Crippen LogP contribution in [0.1, 0.15) is 70.5 Å². The van der Waals surface area contributed by atoms with Gasteiger partial charge in [0.1, 0.15) is 0 Å². The van der Waals surface area contributed by atoms with E-state index in [2.05, 4.69) is 19.8 Å². The van der Waals surface area contributed by atoms with E-state index in [1.165, 1.54) is 38.4 Å². The molecule has 4 aromatic rings. The van der Waals surface area contributed by atoms with Crippen molar-refractivity contribution in [1.82, 2.24) is 19.8 Å². The van der Waals surface area contributed by atoms with Gasteiger partial charge in [0.2, 0.25) is 0 Å². The minimum atomic E-state index is -5.03. The van der Waals surface area contributed by atoms with Crippen LogP contribution in [0.5, 0.6) is 0 Å². The lowest BCUT2D eigenvalue weighted by Gasteiger charge is -2.35. The van der Waals surface area contributed by atoms with Crippen LogP contribution in [-0.2, 0) is 37.8 Å². The van der Waals surface area contributed by atoms with Gasteiger partial charge in [-0.05, 0) is 111 Å². The molecule has 0 radical (unpaired) electrons. The summed E-state index contributed by atoms with van der Waals surface area (Å²) >= 11 is 0. The molecule has 0 spiro atoms. The Balaban J connectivity index is 1.17. The van der Waals surface area contributed by atoms with Crippen LogP contribution < -0.4 is 0 Å².